The van der Waals surface area contributed by atoms with Crippen molar-refractivity contribution in [1.82, 2.24) is 20.1 Å². The lowest BCUT2D eigenvalue weighted by Crippen LogP contribution is -2.30. The van der Waals surface area contributed by atoms with Gasteiger partial charge in [0, 0.05) is 17.7 Å². The summed E-state index contributed by atoms with van der Waals surface area (Å²) in [6.45, 7) is 2.66. The van der Waals surface area contributed by atoms with Crippen LogP contribution in [0.25, 0.3) is 11.4 Å². The van der Waals surface area contributed by atoms with E-state index in [1.165, 1.54) is 11.8 Å². The van der Waals surface area contributed by atoms with Crippen LogP contribution in [0.4, 0.5) is 0 Å². The van der Waals surface area contributed by atoms with E-state index in [0.717, 1.165) is 28.4 Å². The quantitative estimate of drug-likeness (QED) is 0.338. The molecule has 2 aromatic heterocycles. The van der Waals surface area contributed by atoms with Gasteiger partial charge in [0.25, 0.3) is 0 Å². The number of methoxy groups -OCH3 is 2. The van der Waals surface area contributed by atoms with Crippen LogP contribution in [0, 0.1) is 0 Å². The highest BCUT2D eigenvalue weighted by molar-refractivity contribution is 8.00. The summed E-state index contributed by atoms with van der Waals surface area (Å²) in [6, 6.07) is 19.0. The molecule has 4 rings (SSSR count). The van der Waals surface area contributed by atoms with Crippen LogP contribution >= 0.6 is 11.8 Å². The Hall–Kier alpha value is -3.72. The maximum atomic E-state index is 12.8. The Kier molecular flexibility index (Phi) is 7.54. The Morgan fingerprint density at radius 2 is 1.94 bits per heavy atom. The number of aromatic nitrogens is 3. The number of carbonyl (C=O) groups is 1. The summed E-state index contributed by atoms with van der Waals surface area (Å²) in [5.74, 6) is 2.79. The molecule has 0 spiro atoms. The van der Waals surface area contributed by atoms with Crippen molar-refractivity contribution in [3.05, 3.63) is 78.3 Å². The van der Waals surface area contributed by atoms with Crippen LogP contribution < -0.4 is 14.8 Å². The fraction of sp³-hybridized carbons (Fsp3) is 0.240. The lowest BCUT2D eigenvalue weighted by molar-refractivity contribution is -0.120. The third-order valence-electron chi connectivity index (χ3n) is 5.24. The van der Waals surface area contributed by atoms with E-state index < -0.39 is 5.25 Å². The molecule has 1 amide bonds. The zero-order valence-electron chi connectivity index (χ0n) is 19.2. The molecule has 34 heavy (non-hydrogen) atoms. The zero-order valence-corrected chi connectivity index (χ0v) is 20.0. The number of benzene rings is 2. The van der Waals surface area contributed by atoms with E-state index in [0.29, 0.717) is 24.1 Å². The minimum Gasteiger partial charge on any atom is -0.497 e. The number of nitrogens with one attached hydrogen (secondary N) is 1. The minimum atomic E-state index is -0.396. The van der Waals surface area contributed by atoms with E-state index in [-0.39, 0.29) is 5.91 Å². The fourth-order valence-electron chi connectivity index (χ4n) is 3.44. The number of para-hydroxylation sites is 1. The Balaban J connectivity index is 1.53. The first-order valence-electron chi connectivity index (χ1n) is 10.7. The molecule has 1 unspecified atom stereocenters. The molecule has 176 valence electrons. The fourth-order valence-corrected chi connectivity index (χ4v) is 4.31. The summed E-state index contributed by atoms with van der Waals surface area (Å²) < 4.78 is 18.2. The second-order valence-electron chi connectivity index (χ2n) is 7.49. The molecule has 1 N–H and O–H groups in total. The van der Waals surface area contributed by atoms with Crippen molar-refractivity contribution >= 4 is 17.7 Å². The predicted octanol–water partition coefficient (Wildman–Crippen LogP) is 4.40. The van der Waals surface area contributed by atoms with Gasteiger partial charge in [-0.3, -0.25) is 9.36 Å². The zero-order chi connectivity index (χ0) is 23.9. The van der Waals surface area contributed by atoms with Gasteiger partial charge in [-0.15, -0.1) is 10.2 Å². The highest BCUT2D eigenvalue weighted by atomic mass is 32.2. The number of furan rings is 1. The van der Waals surface area contributed by atoms with Crippen LogP contribution in [0.5, 0.6) is 11.5 Å². The standard InChI is InChI=1S/C25H26N4O4S/c1-17(24(30)26-15-19-8-4-5-12-22(19)32-3)34-25-28-27-23(18-9-6-10-20(14-18)31-2)29(25)16-21-11-7-13-33-21/h4-14,17H,15-16H2,1-3H3,(H,26,30). The maximum absolute atomic E-state index is 12.8. The molecular formula is C25H26N4O4S. The van der Waals surface area contributed by atoms with Gasteiger partial charge in [0.1, 0.15) is 17.3 Å². The Bertz CT molecular complexity index is 1240. The summed E-state index contributed by atoms with van der Waals surface area (Å²) in [4.78, 5) is 12.8. The van der Waals surface area contributed by atoms with Gasteiger partial charge in [0.2, 0.25) is 5.91 Å². The van der Waals surface area contributed by atoms with Gasteiger partial charge in [0.15, 0.2) is 11.0 Å². The molecule has 9 heteroatoms. The molecule has 8 nitrogen and oxygen atoms in total. The molecule has 0 saturated carbocycles. The average molecular weight is 479 g/mol. The largest absolute Gasteiger partial charge is 0.497 e. The maximum Gasteiger partial charge on any atom is 0.233 e. The third-order valence-corrected chi connectivity index (χ3v) is 6.32. The Morgan fingerprint density at radius 3 is 2.71 bits per heavy atom. The van der Waals surface area contributed by atoms with Gasteiger partial charge < -0.3 is 19.2 Å². The van der Waals surface area contributed by atoms with E-state index in [2.05, 4.69) is 15.5 Å². The number of carbonyl (C=O) groups excluding carboxylic acids is 1. The first kappa shape index (κ1) is 23.4. The van der Waals surface area contributed by atoms with E-state index >= 15 is 0 Å². The molecule has 0 aliphatic rings. The summed E-state index contributed by atoms with van der Waals surface area (Å²) in [5, 5.41) is 12.0. The highest BCUT2D eigenvalue weighted by Crippen LogP contribution is 2.29. The van der Waals surface area contributed by atoms with E-state index in [1.807, 2.05) is 72.2 Å². The second kappa shape index (κ2) is 10.9. The second-order valence-corrected chi connectivity index (χ2v) is 8.80. The van der Waals surface area contributed by atoms with Gasteiger partial charge in [-0.25, -0.2) is 0 Å². The molecule has 2 heterocycles. The molecule has 4 aromatic rings. The number of nitrogens with zero attached hydrogens (tertiary/aromatic N) is 3. The Morgan fingerprint density at radius 1 is 1.09 bits per heavy atom. The SMILES string of the molecule is COc1cccc(-c2nnc(SC(C)C(=O)NCc3ccccc3OC)n2Cc2ccco2)c1. The summed E-state index contributed by atoms with van der Waals surface area (Å²) in [6.07, 6.45) is 1.63. The van der Waals surface area contributed by atoms with Gasteiger partial charge in [-0.05, 0) is 37.3 Å². The summed E-state index contributed by atoms with van der Waals surface area (Å²) in [5.41, 5.74) is 1.77. The Labute approximate surface area is 202 Å². The van der Waals surface area contributed by atoms with Crippen LogP contribution in [0.1, 0.15) is 18.2 Å². The van der Waals surface area contributed by atoms with Crippen LogP contribution in [-0.4, -0.2) is 40.1 Å². The van der Waals surface area contributed by atoms with Crippen LogP contribution in [0.15, 0.2) is 76.5 Å². The van der Waals surface area contributed by atoms with Crippen molar-refractivity contribution < 1.29 is 18.7 Å². The van der Waals surface area contributed by atoms with Crippen molar-refractivity contribution in [1.29, 1.82) is 0 Å². The van der Waals surface area contributed by atoms with Crippen molar-refractivity contribution in [2.45, 2.75) is 30.4 Å². The van der Waals surface area contributed by atoms with E-state index in [9.17, 15) is 4.79 Å². The lowest BCUT2D eigenvalue weighted by Gasteiger charge is -2.14. The topological polar surface area (TPSA) is 91.4 Å². The number of hydrogen-bond donors (Lipinski definition) is 1. The molecule has 0 radical (unpaired) electrons. The molecule has 0 bridgehead atoms. The monoisotopic (exact) mass is 478 g/mol. The highest BCUT2D eigenvalue weighted by Gasteiger charge is 2.22. The number of amides is 1. The molecular weight excluding hydrogens is 452 g/mol. The summed E-state index contributed by atoms with van der Waals surface area (Å²) in [7, 11) is 3.24. The van der Waals surface area contributed by atoms with Crippen molar-refractivity contribution in [2.24, 2.45) is 0 Å². The van der Waals surface area contributed by atoms with Crippen molar-refractivity contribution in [3.8, 4) is 22.9 Å². The molecule has 1 atom stereocenters. The normalized spacial score (nSPS) is 11.7. The molecule has 0 saturated heterocycles. The number of ether oxygens (including phenoxy) is 2. The molecule has 0 aliphatic carbocycles. The number of hydrogen-bond acceptors (Lipinski definition) is 7. The first-order chi connectivity index (χ1) is 16.6. The van der Waals surface area contributed by atoms with Crippen LogP contribution in [0.2, 0.25) is 0 Å². The number of thioether (sulfide) groups is 1. The van der Waals surface area contributed by atoms with Crippen molar-refractivity contribution in [3.63, 3.8) is 0 Å². The van der Waals surface area contributed by atoms with Gasteiger partial charge in [0.05, 0.1) is 32.3 Å². The van der Waals surface area contributed by atoms with Crippen molar-refractivity contribution in [2.75, 3.05) is 14.2 Å². The third kappa shape index (κ3) is 5.43. The van der Waals surface area contributed by atoms with Crippen LogP contribution in [0.3, 0.4) is 0 Å². The van der Waals surface area contributed by atoms with Gasteiger partial charge >= 0.3 is 0 Å². The predicted molar refractivity (Wildman–Crippen MR) is 130 cm³/mol. The number of rotatable bonds is 10. The van der Waals surface area contributed by atoms with Gasteiger partial charge in [-0.2, -0.15) is 0 Å². The smallest absolute Gasteiger partial charge is 0.233 e. The molecule has 0 fully saturated rings. The van der Waals surface area contributed by atoms with E-state index in [4.69, 9.17) is 13.9 Å². The van der Waals surface area contributed by atoms with Gasteiger partial charge in [-0.1, -0.05) is 42.1 Å². The lowest BCUT2D eigenvalue weighted by atomic mass is 10.2. The van der Waals surface area contributed by atoms with E-state index in [1.54, 1.807) is 20.5 Å². The molecule has 0 aliphatic heterocycles. The summed E-state index contributed by atoms with van der Waals surface area (Å²) >= 11 is 1.34. The van der Waals surface area contributed by atoms with Crippen LogP contribution in [-0.2, 0) is 17.9 Å². The minimum absolute atomic E-state index is 0.105. The average Bonchev–Trinajstić information content (AvgIpc) is 3.53. The first-order valence-corrected chi connectivity index (χ1v) is 11.6. The molecule has 2 aromatic carbocycles.